The lowest BCUT2D eigenvalue weighted by Crippen LogP contribution is -1.99. The number of hydrogen-bond acceptors (Lipinski definition) is 7. The van der Waals surface area contributed by atoms with E-state index in [1.54, 1.807) is 44.7 Å². The summed E-state index contributed by atoms with van der Waals surface area (Å²) in [5, 5.41) is 0.663. The maximum atomic E-state index is 5.59. The van der Waals surface area contributed by atoms with Crippen LogP contribution in [0.1, 0.15) is 28.4 Å². The average molecular weight is 382 g/mol. The van der Waals surface area contributed by atoms with Gasteiger partial charge in [0.25, 0.3) is 0 Å². The predicted octanol–water partition coefficient (Wildman–Crippen LogP) is 4.89. The van der Waals surface area contributed by atoms with Gasteiger partial charge in [0.2, 0.25) is 0 Å². The third kappa shape index (κ3) is 3.64. The molecule has 0 N–H and O–H groups in total. The molecule has 0 saturated carbocycles. The van der Waals surface area contributed by atoms with E-state index in [2.05, 4.69) is 4.99 Å². The zero-order valence-electron chi connectivity index (χ0n) is 14.9. The fraction of sp³-hybridized carbons (Fsp3) is 0.200. The van der Waals surface area contributed by atoms with Crippen LogP contribution in [0.25, 0.3) is 0 Å². The second kappa shape index (κ2) is 7.75. The minimum absolute atomic E-state index is 0.0105. The van der Waals surface area contributed by atoms with E-state index in [1.807, 2.05) is 42.5 Å². The van der Waals surface area contributed by atoms with Crippen molar-refractivity contribution in [3.8, 4) is 11.5 Å². The Morgan fingerprint density at radius 1 is 1.00 bits per heavy atom. The number of benzene rings is 1. The summed E-state index contributed by atoms with van der Waals surface area (Å²) in [6, 6.07) is 13.1. The number of amidine groups is 1. The zero-order valence-corrected chi connectivity index (χ0v) is 15.7. The van der Waals surface area contributed by atoms with Crippen LogP contribution in [0, 0.1) is 0 Å². The molecule has 1 aliphatic heterocycles. The lowest BCUT2D eigenvalue weighted by Gasteiger charge is -2.11. The third-order valence-electron chi connectivity index (χ3n) is 4.16. The molecule has 0 radical (unpaired) electrons. The number of furan rings is 2. The lowest BCUT2D eigenvalue weighted by atomic mass is 10.1. The number of methoxy groups -OCH3 is 2. The first-order chi connectivity index (χ1) is 13.3. The van der Waals surface area contributed by atoms with E-state index in [-0.39, 0.29) is 11.3 Å². The van der Waals surface area contributed by atoms with Gasteiger partial charge in [-0.1, -0.05) is 11.8 Å². The summed E-state index contributed by atoms with van der Waals surface area (Å²) in [6.45, 7) is 0. The zero-order chi connectivity index (χ0) is 18.6. The summed E-state index contributed by atoms with van der Waals surface area (Å²) in [4.78, 5) is 9.28. The van der Waals surface area contributed by atoms with Gasteiger partial charge < -0.3 is 18.3 Å². The van der Waals surface area contributed by atoms with E-state index in [4.69, 9.17) is 23.3 Å². The van der Waals surface area contributed by atoms with Crippen LogP contribution in [0.4, 0.5) is 0 Å². The minimum atomic E-state index is -0.172. The van der Waals surface area contributed by atoms with Gasteiger partial charge in [0.1, 0.15) is 22.8 Å². The maximum Gasteiger partial charge on any atom is 0.184 e. The molecule has 3 heterocycles. The number of ether oxygens (including phenoxy) is 2. The van der Waals surface area contributed by atoms with Gasteiger partial charge in [0, 0.05) is 6.21 Å². The van der Waals surface area contributed by atoms with Gasteiger partial charge in [-0.05, 0) is 48.0 Å². The van der Waals surface area contributed by atoms with Gasteiger partial charge in [-0.2, -0.15) is 0 Å². The van der Waals surface area contributed by atoms with Crippen LogP contribution in [0.15, 0.2) is 73.8 Å². The first-order valence-electron chi connectivity index (χ1n) is 8.36. The smallest absolute Gasteiger partial charge is 0.184 e. The molecular formula is C20H18N2O4S. The highest BCUT2D eigenvalue weighted by molar-refractivity contribution is 8.14. The van der Waals surface area contributed by atoms with Crippen LogP contribution in [-0.4, -0.2) is 25.6 Å². The Labute approximate surface area is 160 Å². The van der Waals surface area contributed by atoms with Crippen molar-refractivity contribution in [2.24, 2.45) is 9.98 Å². The first-order valence-corrected chi connectivity index (χ1v) is 9.24. The minimum Gasteiger partial charge on any atom is -0.493 e. The van der Waals surface area contributed by atoms with Crippen molar-refractivity contribution in [3.05, 3.63) is 72.1 Å². The van der Waals surface area contributed by atoms with Gasteiger partial charge in [0.05, 0.1) is 26.7 Å². The number of rotatable bonds is 5. The normalized spacial score (nSPS) is 19.4. The number of aliphatic imine (C=N–C) groups is 2. The molecule has 3 aromatic rings. The van der Waals surface area contributed by atoms with Gasteiger partial charge in [-0.15, -0.1) is 0 Å². The van der Waals surface area contributed by atoms with E-state index in [0.717, 1.165) is 17.1 Å². The second-order valence-electron chi connectivity index (χ2n) is 5.80. The molecule has 6 nitrogen and oxygen atoms in total. The Morgan fingerprint density at radius 3 is 2.41 bits per heavy atom. The highest BCUT2D eigenvalue weighted by Gasteiger charge is 2.36. The third-order valence-corrected chi connectivity index (χ3v) is 5.32. The lowest BCUT2D eigenvalue weighted by molar-refractivity contribution is 0.355. The molecule has 2 aromatic heterocycles. The Bertz CT molecular complexity index is 949. The molecule has 1 aliphatic rings. The Balaban J connectivity index is 1.58. The van der Waals surface area contributed by atoms with Crippen molar-refractivity contribution in [2.75, 3.05) is 14.2 Å². The highest BCUT2D eigenvalue weighted by Crippen LogP contribution is 2.48. The van der Waals surface area contributed by atoms with E-state index in [0.29, 0.717) is 16.7 Å². The van der Waals surface area contributed by atoms with Crippen molar-refractivity contribution in [1.29, 1.82) is 0 Å². The summed E-state index contributed by atoms with van der Waals surface area (Å²) in [5.74, 6) is 2.98. The quantitative estimate of drug-likeness (QED) is 0.587. The van der Waals surface area contributed by atoms with Crippen molar-refractivity contribution < 1.29 is 18.3 Å². The SMILES string of the molecule is COc1ccc(C=NC2=N[C@H](c3ccco3)[C@@H](c3ccco3)S2)cc1OC. The molecule has 4 rings (SSSR count). The number of hydrogen-bond donors (Lipinski definition) is 0. The summed E-state index contributed by atoms with van der Waals surface area (Å²) < 4.78 is 21.8. The molecular weight excluding hydrogens is 364 g/mol. The molecule has 0 saturated heterocycles. The fourth-order valence-corrected chi connectivity index (χ4v) is 3.95. The highest BCUT2D eigenvalue weighted by atomic mass is 32.2. The molecule has 0 aliphatic carbocycles. The van der Waals surface area contributed by atoms with Crippen LogP contribution in [0.3, 0.4) is 0 Å². The van der Waals surface area contributed by atoms with Gasteiger partial charge >= 0.3 is 0 Å². The van der Waals surface area contributed by atoms with E-state index in [9.17, 15) is 0 Å². The molecule has 1 aromatic carbocycles. The Kier molecular flexibility index (Phi) is 5.02. The van der Waals surface area contributed by atoms with Crippen molar-refractivity contribution in [2.45, 2.75) is 11.3 Å². The number of nitrogens with zero attached hydrogens (tertiary/aromatic N) is 2. The summed E-state index contributed by atoms with van der Waals surface area (Å²) >= 11 is 1.55. The Hall–Kier alpha value is -2.93. The molecule has 0 amide bonds. The van der Waals surface area contributed by atoms with Crippen molar-refractivity contribution in [1.82, 2.24) is 0 Å². The summed E-state index contributed by atoms with van der Waals surface area (Å²) in [6.07, 6.45) is 5.08. The molecule has 0 unspecified atom stereocenters. The van der Waals surface area contributed by atoms with Crippen LogP contribution in [-0.2, 0) is 0 Å². The summed E-state index contributed by atoms with van der Waals surface area (Å²) in [5.41, 5.74) is 0.895. The van der Waals surface area contributed by atoms with Crippen LogP contribution in [0.2, 0.25) is 0 Å². The summed E-state index contributed by atoms with van der Waals surface area (Å²) in [7, 11) is 3.22. The van der Waals surface area contributed by atoms with Crippen molar-refractivity contribution in [3.63, 3.8) is 0 Å². The van der Waals surface area contributed by atoms with Crippen molar-refractivity contribution >= 4 is 23.1 Å². The van der Waals surface area contributed by atoms with Gasteiger partial charge in [0.15, 0.2) is 16.7 Å². The standard InChI is InChI=1S/C20H18N2O4S/c1-23-14-8-7-13(11-17(14)24-2)12-21-20-22-18(15-5-3-9-25-15)19(27-20)16-6-4-10-26-16/h3-12,18-19H,1-2H3/t18-,19-/m1/s1. The second-order valence-corrected chi connectivity index (χ2v) is 6.91. The number of thioether (sulfide) groups is 1. The molecule has 2 atom stereocenters. The Morgan fingerprint density at radius 2 is 1.74 bits per heavy atom. The first kappa shape index (κ1) is 17.5. The maximum absolute atomic E-state index is 5.59. The van der Waals surface area contributed by atoms with Crippen LogP contribution in [0.5, 0.6) is 11.5 Å². The molecule has 0 fully saturated rings. The van der Waals surface area contributed by atoms with Crippen LogP contribution >= 0.6 is 11.8 Å². The van der Waals surface area contributed by atoms with Gasteiger partial charge in [-0.25, -0.2) is 9.98 Å². The fourth-order valence-electron chi connectivity index (χ4n) is 2.86. The molecule has 138 valence electrons. The van der Waals surface area contributed by atoms with E-state index >= 15 is 0 Å². The van der Waals surface area contributed by atoms with Gasteiger partial charge in [-0.3, -0.25) is 0 Å². The molecule has 0 spiro atoms. The largest absolute Gasteiger partial charge is 0.493 e. The monoisotopic (exact) mass is 382 g/mol. The average Bonchev–Trinajstić information content (AvgIpc) is 3.46. The predicted molar refractivity (Wildman–Crippen MR) is 105 cm³/mol. The van der Waals surface area contributed by atoms with E-state index in [1.165, 1.54) is 0 Å². The molecule has 27 heavy (non-hydrogen) atoms. The topological polar surface area (TPSA) is 69.5 Å². The van der Waals surface area contributed by atoms with Crippen LogP contribution < -0.4 is 9.47 Å². The molecule has 0 bridgehead atoms. The van der Waals surface area contributed by atoms with E-state index < -0.39 is 0 Å². The molecule has 7 heteroatoms.